The van der Waals surface area contributed by atoms with Crippen LogP contribution < -0.4 is 10.6 Å². The first kappa shape index (κ1) is 20.4. The van der Waals surface area contributed by atoms with Gasteiger partial charge in [0.15, 0.2) is 0 Å². The molecule has 2 atom stereocenters. The van der Waals surface area contributed by atoms with E-state index in [4.69, 9.17) is 0 Å². The molecule has 9 heteroatoms. The number of amides is 1. The zero-order valence-electron chi connectivity index (χ0n) is 13.6. The van der Waals surface area contributed by atoms with E-state index in [0.717, 1.165) is 27.8 Å². The fourth-order valence-electron chi connectivity index (χ4n) is 3.07. The van der Waals surface area contributed by atoms with Gasteiger partial charge in [0.05, 0.1) is 6.42 Å². The van der Waals surface area contributed by atoms with Crippen LogP contribution in [0.25, 0.3) is 10.1 Å². The summed E-state index contributed by atoms with van der Waals surface area (Å²) in [5.41, 5.74) is 0. The Morgan fingerprint density at radius 3 is 2.76 bits per heavy atom. The fourth-order valence-corrected chi connectivity index (χ4v) is 5.16. The molecule has 0 saturated carbocycles. The fraction of sp³-hybridized carbons (Fsp3) is 0.438. The van der Waals surface area contributed by atoms with Gasteiger partial charge in [-0.15, -0.1) is 23.7 Å². The Labute approximate surface area is 156 Å². The van der Waals surface area contributed by atoms with Crippen LogP contribution in [-0.2, 0) is 15.8 Å². The van der Waals surface area contributed by atoms with E-state index in [9.17, 15) is 19.1 Å². The molecule has 1 fully saturated rings. The van der Waals surface area contributed by atoms with E-state index in [1.54, 1.807) is 0 Å². The predicted octanol–water partition coefficient (Wildman–Crippen LogP) is 2.63. The third kappa shape index (κ3) is 5.26. The van der Waals surface area contributed by atoms with Crippen molar-refractivity contribution in [3.8, 4) is 0 Å². The van der Waals surface area contributed by atoms with E-state index in [0.29, 0.717) is 13.0 Å². The molecule has 1 amide bonds. The van der Waals surface area contributed by atoms with Gasteiger partial charge in [-0.25, -0.2) is 0 Å². The van der Waals surface area contributed by atoms with E-state index in [1.165, 1.54) is 11.3 Å². The molecular weight excluding hydrogens is 383 g/mol. The number of rotatable bonds is 5. The van der Waals surface area contributed by atoms with Gasteiger partial charge >= 0.3 is 7.60 Å². The van der Waals surface area contributed by atoms with Crippen molar-refractivity contribution < 1.29 is 19.1 Å². The number of thiophene rings is 1. The van der Waals surface area contributed by atoms with Gasteiger partial charge in [-0.05, 0) is 36.9 Å². The van der Waals surface area contributed by atoms with E-state index < -0.39 is 13.4 Å². The van der Waals surface area contributed by atoms with Crippen molar-refractivity contribution in [2.45, 2.75) is 37.5 Å². The van der Waals surface area contributed by atoms with Crippen LogP contribution in [0.4, 0.5) is 0 Å². The summed E-state index contributed by atoms with van der Waals surface area (Å²) in [6.45, 7) is 0.716. The van der Waals surface area contributed by atoms with Crippen molar-refractivity contribution in [2.24, 2.45) is 0 Å². The van der Waals surface area contributed by atoms with Crippen molar-refractivity contribution in [2.75, 3.05) is 6.54 Å². The molecule has 1 aromatic heterocycles. The summed E-state index contributed by atoms with van der Waals surface area (Å²) in [7, 11) is -4.42. The van der Waals surface area contributed by atoms with Crippen LogP contribution >= 0.6 is 31.3 Å². The highest BCUT2D eigenvalue weighted by molar-refractivity contribution is 7.52. The highest BCUT2D eigenvalue weighted by atomic mass is 35.5. The summed E-state index contributed by atoms with van der Waals surface area (Å²) >= 11 is 1.53. The minimum Gasteiger partial charge on any atom is -0.340 e. The van der Waals surface area contributed by atoms with Crippen LogP contribution in [0.5, 0.6) is 0 Å². The lowest BCUT2D eigenvalue weighted by Gasteiger charge is -2.32. The molecule has 4 N–H and O–H groups in total. The molecule has 1 aromatic carbocycles. The molecule has 6 nitrogen and oxygen atoms in total. The first-order valence-corrected chi connectivity index (χ1v) is 10.5. The first-order chi connectivity index (χ1) is 11.4. The standard InChI is InChI=1S/C16H21N2O4PS.ClH/c19-15(10-12-9-11-5-1-2-7-14(11)24-12)18-16(23(20,21)22)13-6-3-4-8-17-13;/h1-2,5,7,9,13,16-17H,3-4,6,8,10H2,(H,18,19)(H2,20,21,22);1H. The Morgan fingerprint density at radius 2 is 2.12 bits per heavy atom. The number of benzene rings is 1. The zero-order chi connectivity index (χ0) is 17.2. The van der Waals surface area contributed by atoms with Crippen LogP contribution in [-0.4, -0.2) is 34.1 Å². The summed E-state index contributed by atoms with van der Waals surface area (Å²) in [4.78, 5) is 32.4. The molecule has 0 radical (unpaired) electrons. The van der Waals surface area contributed by atoms with Gasteiger partial charge in [0.1, 0.15) is 5.78 Å². The van der Waals surface area contributed by atoms with E-state index >= 15 is 0 Å². The van der Waals surface area contributed by atoms with Crippen LogP contribution in [0.2, 0.25) is 0 Å². The second-order valence-corrected chi connectivity index (χ2v) is 8.99. The molecule has 0 aliphatic carbocycles. The lowest BCUT2D eigenvalue weighted by Crippen LogP contribution is -2.51. The largest absolute Gasteiger partial charge is 0.349 e. The Balaban J connectivity index is 0.00000225. The van der Waals surface area contributed by atoms with Gasteiger partial charge in [0.25, 0.3) is 0 Å². The molecular formula is C16H22ClN2O4PS. The van der Waals surface area contributed by atoms with Gasteiger partial charge in [0.2, 0.25) is 5.91 Å². The minimum atomic E-state index is -4.42. The van der Waals surface area contributed by atoms with E-state index in [2.05, 4.69) is 10.6 Å². The van der Waals surface area contributed by atoms with Crippen LogP contribution in [0.1, 0.15) is 24.1 Å². The van der Waals surface area contributed by atoms with Gasteiger partial charge in [-0.2, -0.15) is 0 Å². The van der Waals surface area contributed by atoms with Crippen molar-refractivity contribution in [1.29, 1.82) is 0 Å². The lowest BCUT2D eigenvalue weighted by molar-refractivity contribution is -0.121. The smallest absolute Gasteiger partial charge is 0.340 e. The Bertz CT molecular complexity index is 739. The quantitative estimate of drug-likeness (QED) is 0.574. The van der Waals surface area contributed by atoms with Crippen LogP contribution in [0.15, 0.2) is 30.3 Å². The molecule has 3 rings (SSSR count). The number of hydrogen-bond donors (Lipinski definition) is 4. The molecule has 1 saturated heterocycles. The average Bonchev–Trinajstić information content (AvgIpc) is 2.94. The Hall–Kier alpha value is -0.950. The number of fused-ring (bicyclic) bond motifs is 1. The monoisotopic (exact) mass is 404 g/mol. The maximum atomic E-state index is 12.3. The molecule has 25 heavy (non-hydrogen) atoms. The molecule has 2 unspecified atom stereocenters. The highest BCUT2D eigenvalue weighted by Crippen LogP contribution is 2.42. The normalized spacial score (nSPS) is 19.2. The van der Waals surface area contributed by atoms with Crippen molar-refractivity contribution in [1.82, 2.24) is 10.6 Å². The highest BCUT2D eigenvalue weighted by Gasteiger charge is 2.37. The maximum Gasteiger partial charge on any atom is 0.349 e. The summed E-state index contributed by atoms with van der Waals surface area (Å²) in [5, 5.41) is 6.75. The van der Waals surface area contributed by atoms with Crippen LogP contribution in [0.3, 0.4) is 0 Å². The molecule has 1 aliphatic heterocycles. The van der Waals surface area contributed by atoms with Gasteiger partial charge in [-0.3, -0.25) is 9.36 Å². The number of carbonyl (C=O) groups is 1. The maximum absolute atomic E-state index is 12.3. The minimum absolute atomic E-state index is 0. The zero-order valence-corrected chi connectivity index (χ0v) is 16.1. The lowest BCUT2D eigenvalue weighted by atomic mass is 10.0. The number of hydrogen-bond acceptors (Lipinski definition) is 4. The molecule has 1 aliphatic rings. The number of carbonyl (C=O) groups excluding carboxylic acids is 1. The first-order valence-electron chi connectivity index (χ1n) is 7.99. The number of halogens is 1. The summed E-state index contributed by atoms with van der Waals surface area (Å²) in [5.74, 6) is -1.53. The molecule has 0 spiro atoms. The van der Waals surface area contributed by atoms with Gasteiger partial charge in [-0.1, -0.05) is 24.6 Å². The number of nitrogens with one attached hydrogen (secondary N) is 2. The number of piperidine rings is 1. The Morgan fingerprint density at radius 1 is 1.36 bits per heavy atom. The van der Waals surface area contributed by atoms with E-state index in [-0.39, 0.29) is 30.8 Å². The second-order valence-electron chi connectivity index (χ2n) is 6.09. The molecule has 2 heterocycles. The summed E-state index contributed by atoms with van der Waals surface area (Å²) in [6, 6.07) is 9.43. The van der Waals surface area contributed by atoms with Crippen molar-refractivity contribution in [3.63, 3.8) is 0 Å². The van der Waals surface area contributed by atoms with Crippen molar-refractivity contribution in [3.05, 3.63) is 35.2 Å². The predicted molar refractivity (Wildman–Crippen MR) is 102 cm³/mol. The summed E-state index contributed by atoms with van der Waals surface area (Å²) < 4.78 is 12.9. The molecule has 0 bridgehead atoms. The van der Waals surface area contributed by atoms with Crippen molar-refractivity contribution >= 4 is 47.3 Å². The third-order valence-electron chi connectivity index (χ3n) is 4.21. The average molecular weight is 405 g/mol. The Kier molecular flexibility index (Phi) is 7.02. The van der Waals surface area contributed by atoms with Gasteiger partial charge in [0, 0.05) is 15.6 Å². The molecule has 2 aromatic rings. The van der Waals surface area contributed by atoms with E-state index in [1.807, 2.05) is 30.3 Å². The third-order valence-corrected chi connectivity index (χ3v) is 6.54. The van der Waals surface area contributed by atoms with Gasteiger partial charge < -0.3 is 20.4 Å². The second kappa shape index (κ2) is 8.62. The topological polar surface area (TPSA) is 98.7 Å². The molecule has 138 valence electrons. The van der Waals surface area contributed by atoms with Crippen LogP contribution in [0, 0.1) is 0 Å². The SMILES string of the molecule is Cl.O=C(Cc1cc2ccccc2s1)NC(C1CCCCN1)P(=O)(O)O. The summed E-state index contributed by atoms with van der Waals surface area (Å²) in [6.07, 6.45) is 2.67.